The molecule has 0 radical (unpaired) electrons. The Hall–Kier alpha value is -0.120. The summed E-state index contributed by atoms with van der Waals surface area (Å²) in [5, 5.41) is 0. The highest BCUT2D eigenvalue weighted by atomic mass is 16.6. The Morgan fingerprint density at radius 2 is 2.00 bits per heavy atom. The van der Waals surface area contributed by atoms with Gasteiger partial charge in [-0.3, -0.25) is 0 Å². The molecule has 2 unspecified atom stereocenters. The average molecular weight is 190 g/mol. The molecule has 1 saturated heterocycles. The van der Waals surface area contributed by atoms with Crippen molar-refractivity contribution in [3.8, 4) is 0 Å². The zero-order chi connectivity index (χ0) is 10.1. The van der Waals surface area contributed by atoms with E-state index in [1.54, 1.807) is 14.2 Å². The van der Waals surface area contributed by atoms with Crippen molar-refractivity contribution in [2.24, 2.45) is 0 Å². The van der Waals surface area contributed by atoms with Crippen molar-refractivity contribution in [2.45, 2.75) is 38.9 Å². The first-order chi connectivity index (χ1) is 6.38. The van der Waals surface area contributed by atoms with Crippen LogP contribution in [-0.4, -0.2) is 39.6 Å². The lowest BCUT2D eigenvalue weighted by molar-refractivity contribution is -0.114. The van der Waals surface area contributed by atoms with Crippen LogP contribution in [0.2, 0.25) is 0 Å². The van der Waals surface area contributed by atoms with Crippen LogP contribution in [0, 0.1) is 0 Å². The summed E-state index contributed by atoms with van der Waals surface area (Å²) in [6.07, 6.45) is 2.55. The van der Waals surface area contributed by atoms with Crippen LogP contribution in [0.15, 0.2) is 0 Å². The molecule has 0 N–H and O–H groups in total. The van der Waals surface area contributed by atoms with Crippen LogP contribution < -0.4 is 0 Å². The SMILES string of the molecule is CC.COCC1OCCCC1OC. The third-order valence-electron chi connectivity index (χ3n) is 2.01. The molecule has 0 aliphatic carbocycles. The Morgan fingerprint density at radius 1 is 1.31 bits per heavy atom. The lowest BCUT2D eigenvalue weighted by Gasteiger charge is -2.29. The van der Waals surface area contributed by atoms with Gasteiger partial charge in [-0.1, -0.05) is 13.8 Å². The van der Waals surface area contributed by atoms with E-state index in [1.807, 2.05) is 13.8 Å². The summed E-state index contributed by atoms with van der Waals surface area (Å²) < 4.78 is 15.7. The van der Waals surface area contributed by atoms with Crippen LogP contribution in [0.5, 0.6) is 0 Å². The molecule has 0 amide bonds. The first kappa shape index (κ1) is 12.9. The minimum Gasteiger partial charge on any atom is -0.382 e. The normalized spacial score (nSPS) is 27.7. The van der Waals surface area contributed by atoms with E-state index >= 15 is 0 Å². The first-order valence-corrected chi connectivity index (χ1v) is 5.02. The molecule has 2 atom stereocenters. The van der Waals surface area contributed by atoms with Crippen LogP contribution in [0.4, 0.5) is 0 Å². The number of methoxy groups -OCH3 is 2. The van der Waals surface area contributed by atoms with Gasteiger partial charge >= 0.3 is 0 Å². The maximum Gasteiger partial charge on any atom is 0.107 e. The number of hydrogen-bond acceptors (Lipinski definition) is 3. The Balaban J connectivity index is 0.000000671. The fourth-order valence-corrected chi connectivity index (χ4v) is 1.40. The highest BCUT2D eigenvalue weighted by molar-refractivity contribution is 4.74. The van der Waals surface area contributed by atoms with Crippen molar-refractivity contribution in [1.82, 2.24) is 0 Å². The van der Waals surface area contributed by atoms with Gasteiger partial charge in [-0.15, -0.1) is 0 Å². The maximum absolute atomic E-state index is 5.47. The van der Waals surface area contributed by atoms with Gasteiger partial charge in [0, 0.05) is 20.8 Å². The second kappa shape index (κ2) is 8.48. The highest BCUT2D eigenvalue weighted by Crippen LogP contribution is 2.16. The van der Waals surface area contributed by atoms with E-state index in [0.29, 0.717) is 6.61 Å². The summed E-state index contributed by atoms with van der Waals surface area (Å²) in [5.74, 6) is 0. The Labute approximate surface area is 81.4 Å². The molecule has 0 saturated carbocycles. The van der Waals surface area contributed by atoms with Crippen LogP contribution in [0.25, 0.3) is 0 Å². The summed E-state index contributed by atoms with van der Waals surface area (Å²) in [6, 6.07) is 0. The fourth-order valence-electron chi connectivity index (χ4n) is 1.40. The van der Waals surface area contributed by atoms with E-state index in [0.717, 1.165) is 19.4 Å². The molecule has 13 heavy (non-hydrogen) atoms. The van der Waals surface area contributed by atoms with E-state index in [4.69, 9.17) is 14.2 Å². The smallest absolute Gasteiger partial charge is 0.107 e. The summed E-state index contributed by atoms with van der Waals surface area (Å²) in [6.45, 7) is 5.48. The quantitative estimate of drug-likeness (QED) is 0.679. The van der Waals surface area contributed by atoms with Gasteiger partial charge in [0.15, 0.2) is 0 Å². The van der Waals surface area contributed by atoms with Gasteiger partial charge < -0.3 is 14.2 Å². The molecule has 1 heterocycles. The third kappa shape index (κ3) is 4.60. The molecule has 80 valence electrons. The summed E-state index contributed by atoms with van der Waals surface area (Å²) >= 11 is 0. The lowest BCUT2D eigenvalue weighted by Crippen LogP contribution is -2.38. The molecule has 0 spiro atoms. The van der Waals surface area contributed by atoms with E-state index in [9.17, 15) is 0 Å². The van der Waals surface area contributed by atoms with Gasteiger partial charge in [0.25, 0.3) is 0 Å². The van der Waals surface area contributed by atoms with E-state index < -0.39 is 0 Å². The standard InChI is InChI=1S/C8H16O3.C2H6/c1-9-6-8-7(10-2)4-3-5-11-8;1-2/h7-8H,3-6H2,1-2H3;1-2H3. The molecular formula is C10H22O3. The molecule has 0 bridgehead atoms. The molecule has 0 aromatic heterocycles. The minimum absolute atomic E-state index is 0.138. The molecule has 0 aromatic carbocycles. The summed E-state index contributed by atoms with van der Waals surface area (Å²) in [5.41, 5.74) is 0. The van der Waals surface area contributed by atoms with E-state index in [-0.39, 0.29) is 12.2 Å². The van der Waals surface area contributed by atoms with E-state index in [1.165, 1.54) is 0 Å². The van der Waals surface area contributed by atoms with Crippen molar-refractivity contribution in [3.05, 3.63) is 0 Å². The van der Waals surface area contributed by atoms with E-state index in [2.05, 4.69) is 0 Å². The zero-order valence-electron chi connectivity index (χ0n) is 9.21. The largest absolute Gasteiger partial charge is 0.382 e. The minimum atomic E-state index is 0.138. The van der Waals surface area contributed by atoms with Crippen LogP contribution >= 0.6 is 0 Å². The molecule has 0 aromatic rings. The van der Waals surface area contributed by atoms with Crippen molar-refractivity contribution < 1.29 is 14.2 Å². The molecule has 1 rings (SSSR count). The van der Waals surface area contributed by atoms with Crippen molar-refractivity contribution in [2.75, 3.05) is 27.4 Å². The molecule has 3 nitrogen and oxygen atoms in total. The molecule has 1 aliphatic heterocycles. The molecular weight excluding hydrogens is 168 g/mol. The fraction of sp³-hybridized carbons (Fsp3) is 1.00. The van der Waals surface area contributed by atoms with Gasteiger partial charge in [-0.25, -0.2) is 0 Å². The second-order valence-corrected chi connectivity index (χ2v) is 2.78. The zero-order valence-corrected chi connectivity index (χ0v) is 9.21. The predicted octanol–water partition coefficient (Wildman–Crippen LogP) is 1.85. The van der Waals surface area contributed by atoms with Crippen molar-refractivity contribution in [1.29, 1.82) is 0 Å². The Bertz CT molecular complexity index is 104. The second-order valence-electron chi connectivity index (χ2n) is 2.78. The molecule has 3 heteroatoms. The van der Waals surface area contributed by atoms with Gasteiger partial charge in [0.1, 0.15) is 6.10 Å². The maximum atomic E-state index is 5.47. The van der Waals surface area contributed by atoms with Crippen LogP contribution in [-0.2, 0) is 14.2 Å². The molecule has 1 fully saturated rings. The van der Waals surface area contributed by atoms with Gasteiger partial charge in [-0.2, -0.15) is 0 Å². The van der Waals surface area contributed by atoms with Crippen LogP contribution in [0.3, 0.4) is 0 Å². The van der Waals surface area contributed by atoms with Crippen molar-refractivity contribution >= 4 is 0 Å². The summed E-state index contributed by atoms with van der Waals surface area (Å²) in [7, 11) is 3.41. The van der Waals surface area contributed by atoms with Gasteiger partial charge in [0.05, 0.1) is 12.7 Å². The summed E-state index contributed by atoms with van der Waals surface area (Å²) in [4.78, 5) is 0. The van der Waals surface area contributed by atoms with Gasteiger partial charge in [0.2, 0.25) is 0 Å². The van der Waals surface area contributed by atoms with Gasteiger partial charge in [-0.05, 0) is 12.8 Å². The highest BCUT2D eigenvalue weighted by Gasteiger charge is 2.25. The lowest BCUT2D eigenvalue weighted by atomic mass is 10.1. The Kier molecular flexibility index (Phi) is 8.40. The average Bonchev–Trinajstić information content (AvgIpc) is 2.22. The monoisotopic (exact) mass is 190 g/mol. The number of hydrogen-bond donors (Lipinski definition) is 0. The number of rotatable bonds is 3. The first-order valence-electron chi connectivity index (χ1n) is 5.02. The Morgan fingerprint density at radius 3 is 2.54 bits per heavy atom. The topological polar surface area (TPSA) is 27.7 Å². The third-order valence-corrected chi connectivity index (χ3v) is 2.01. The van der Waals surface area contributed by atoms with Crippen LogP contribution in [0.1, 0.15) is 26.7 Å². The van der Waals surface area contributed by atoms with Crippen molar-refractivity contribution in [3.63, 3.8) is 0 Å². The number of ether oxygens (including phenoxy) is 3. The molecule has 1 aliphatic rings. The predicted molar refractivity (Wildman–Crippen MR) is 53.0 cm³/mol.